The van der Waals surface area contributed by atoms with E-state index in [1.807, 2.05) is 6.07 Å². The summed E-state index contributed by atoms with van der Waals surface area (Å²) in [5, 5.41) is 1.93. The van der Waals surface area contributed by atoms with E-state index >= 15 is 0 Å². The summed E-state index contributed by atoms with van der Waals surface area (Å²) in [5.74, 6) is -0.768. The van der Waals surface area contributed by atoms with Crippen molar-refractivity contribution in [2.45, 2.75) is 24.3 Å². The van der Waals surface area contributed by atoms with Crippen molar-refractivity contribution in [2.75, 3.05) is 5.32 Å². The normalized spacial score (nSPS) is 11.7. The van der Waals surface area contributed by atoms with Crippen LogP contribution in [-0.2, 0) is 9.59 Å². The second-order valence-corrected chi connectivity index (χ2v) is 5.75. The Bertz CT molecular complexity index is 743. The lowest BCUT2D eigenvalue weighted by atomic mass is 10.2. The minimum Gasteiger partial charge on any atom is -0.325 e. The Balaban J connectivity index is 2.17. The summed E-state index contributed by atoms with van der Waals surface area (Å²) in [5.41, 5.74) is 0.808. The van der Waals surface area contributed by atoms with Crippen LogP contribution in [-0.4, -0.2) is 26.9 Å². The maximum atomic E-state index is 12.3. The molecule has 2 rings (SSSR count). The number of carbonyl (C=O) groups excluding carboxylic acids is 2. The van der Waals surface area contributed by atoms with Crippen LogP contribution in [0.5, 0.6) is 0 Å². The molecule has 114 valence electrons. The van der Waals surface area contributed by atoms with E-state index in [0.29, 0.717) is 11.4 Å². The van der Waals surface area contributed by atoms with E-state index in [0.717, 1.165) is 11.8 Å². The standard InChI is InChI=1S/C15H15N3O3S/c1-9-8-12(20)18-15(16-9)22-13(10(2)19)14(21)17-11-6-4-3-5-7-11/h3-8,13H,1-2H3,(H,17,21)(H,16,18,20)/t13-/m1/s1. The van der Waals surface area contributed by atoms with E-state index in [4.69, 9.17) is 0 Å². The molecule has 6 nitrogen and oxygen atoms in total. The molecule has 2 aromatic rings. The van der Waals surface area contributed by atoms with Gasteiger partial charge in [-0.1, -0.05) is 30.0 Å². The maximum absolute atomic E-state index is 12.3. The molecule has 0 radical (unpaired) electrons. The summed E-state index contributed by atoms with van der Waals surface area (Å²) in [6.45, 7) is 3.00. The number of ketones is 1. The van der Waals surface area contributed by atoms with Gasteiger partial charge in [0.15, 0.2) is 10.9 Å². The molecule has 1 aromatic heterocycles. The van der Waals surface area contributed by atoms with E-state index in [1.54, 1.807) is 31.2 Å². The van der Waals surface area contributed by atoms with Crippen LogP contribution in [0.25, 0.3) is 0 Å². The average molecular weight is 317 g/mol. The van der Waals surface area contributed by atoms with Crippen molar-refractivity contribution in [3.63, 3.8) is 0 Å². The highest BCUT2D eigenvalue weighted by molar-refractivity contribution is 8.01. The van der Waals surface area contributed by atoms with Crippen molar-refractivity contribution in [3.05, 3.63) is 52.4 Å². The first-order valence-electron chi connectivity index (χ1n) is 6.56. The summed E-state index contributed by atoms with van der Waals surface area (Å²) in [4.78, 5) is 42.1. The van der Waals surface area contributed by atoms with Crippen molar-refractivity contribution in [2.24, 2.45) is 0 Å². The number of aryl methyl sites for hydroxylation is 1. The van der Waals surface area contributed by atoms with Gasteiger partial charge in [0.25, 0.3) is 5.56 Å². The van der Waals surface area contributed by atoms with Crippen LogP contribution in [0.3, 0.4) is 0 Å². The van der Waals surface area contributed by atoms with E-state index in [-0.39, 0.29) is 16.5 Å². The number of nitrogens with one attached hydrogen (secondary N) is 2. The van der Waals surface area contributed by atoms with Crippen LogP contribution in [0.2, 0.25) is 0 Å². The van der Waals surface area contributed by atoms with Gasteiger partial charge in [0.1, 0.15) is 5.25 Å². The number of Topliss-reactive ketones (excluding diaryl/α,β-unsaturated/α-hetero) is 1. The van der Waals surface area contributed by atoms with Crippen LogP contribution in [0.15, 0.2) is 46.3 Å². The molecule has 1 heterocycles. The molecule has 0 aliphatic carbocycles. The third-order valence-electron chi connectivity index (χ3n) is 2.73. The van der Waals surface area contributed by atoms with E-state index in [1.165, 1.54) is 13.0 Å². The van der Waals surface area contributed by atoms with E-state index < -0.39 is 11.2 Å². The Morgan fingerprint density at radius 3 is 2.55 bits per heavy atom. The first-order valence-corrected chi connectivity index (χ1v) is 7.44. The van der Waals surface area contributed by atoms with Crippen molar-refractivity contribution in [1.82, 2.24) is 9.97 Å². The molecule has 2 N–H and O–H groups in total. The number of amides is 1. The summed E-state index contributed by atoms with van der Waals surface area (Å²) >= 11 is 0.924. The summed E-state index contributed by atoms with van der Waals surface area (Å²) in [6.07, 6.45) is 0. The topological polar surface area (TPSA) is 91.9 Å². The second-order valence-electron chi connectivity index (χ2n) is 4.66. The zero-order chi connectivity index (χ0) is 16.1. The number of hydrogen-bond donors (Lipinski definition) is 2. The molecule has 1 atom stereocenters. The predicted molar refractivity (Wildman–Crippen MR) is 85.0 cm³/mol. The fourth-order valence-electron chi connectivity index (χ4n) is 1.77. The molecule has 0 unspecified atom stereocenters. The van der Waals surface area contributed by atoms with Crippen molar-refractivity contribution in [1.29, 1.82) is 0 Å². The van der Waals surface area contributed by atoms with Crippen LogP contribution >= 0.6 is 11.8 Å². The summed E-state index contributed by atoms with van der Waals surface area (Å²) in [7, 11) is 0. The number of aromatic nitrogens is 2. The zero-order valence-corrected chi connectivity index (χ0v) is 12.9. The fourth-order valence-corrected chi connectivity index (χ4v) is 2.68. The quantitative estimate of drug-likeness (QED) is 0.498. The van der Waals surface area contributed by atoms with E-state index in [2.05, 4.69) is 15.3 Å². The lowest BCUT2D eigenvalue weighted by Gasteiger charge is -2.13. The number of carbonyl (C=O) groups is 2. The molecule has 1 aromatic carbocycles. The van der Waals surface area contributed by atoms with Gasteiger partial charge in [0.05, 0.1) is 0 Å². The smallest absolute Gasteiger partial charge is 0.251 e. The van der Waals surface area contributed by atoms with Gasteiger partial charge in [-0.15, -0.1) is 0 Å². The van der Waals surface area contributed by atoms with E-state index in [9.17, 15) is 14.4 Å². The lowest BCUT2D eigenvalue weighted by molar-refractivity contribution is -0.123. The average Bonchev–Trinajstić information content (AvgIpc) is 2.44. The number of nitrogens with zero attached hydrogens (tertiary/aromatic N) is 1. The second kappa shape index (κ2) is 7.04. The number of rotatable bonds is 5. The molecule has 0 saturated carbocycles. The molecule has 0 saturated heterocycles. The maximum Gasteiger partial charge on any atom is 0.251 e. The van der Waals surface area contributed by atoms with Crippen LogP contribution in [0, 0.1) is 6.92 Å². The highest BCUT2D eigenvalue weighted by Crippen LogP contribution is 2.21. The van der Waals surface area contributed by atoms with Gasteiger partial charge >= 0.3 is 0 Å². The zero-order valence-electron chi connectivity index (χ0n) is 12.1. The Morgan fingerprint density at radius 1 is 1.27 bits per heavy atom. The van der Waals surface area contributed by atoms with Gasteiger partial charge in [-0.25, -0.2) is 4.98 Å². The Labute approximate surface area is 131 Å². The molecule has 0 aliphatic rings. The lowest BCUT2D eigenvalue weighted by Crippen LogP contribution is -2.31. The molecule has 1 amide bonds. The third kappa shape index (κ3) is 4.29. The van der Waals surface area contributed by atoms with Crippen LogP contribution in [0.1, 0.15) is 12.6 Å². The molecular formula is C15H15N3O3S. The van der Waals surface area contributed by atoms with Crippen molar-refractivity contribution in [3.8, 4) is 0 Å². The summed E-state index contributed by atoms with van der Waals surface area (Å²) < 4.78 is 0. The summed E-state index contributed by atoms with van der Waals surface area (Å²) in [6, 6.07) is 10.2. The minimum atomic E-state index is -0.981. The van der Waals surface area contributed by atoms with Gasteiger partial charge < -0.3 is 10.3 Å². The highest BCUT2D eigenvalue weighted by atomic mass is 32.2. The molecular weight excluding hydrogens is 302 g/mol. The van der Waals surface area contributed by atoms with Gasteiger partial charge in [-0.3, -0.25) is 14.4 Å². The largest absolute Gasteiger partial charge is 0.325 e. The van der Waals surface area contributed by atoms with Gasteiger partial charge in [-0.2, -0.15) is 0 Å². The van der Waals surface area contributed by atoms with Gasteiger partial charge in [-0.05, 0) is 26.0 Å². The molecule has 22 heavy (non-hydrogen) atoms. The minimum absolute atomic E-state index is 0.244. The number of aromatic amines is 1. The van der Waals surface area contributed by atoms with Gasteiger partial charge in [0.2, 0.25) is 5.91 Å². The number of H-pyrrole nitrogens is 1. The first-order chi connectivity index (χ1) is 10.5. The highest BCUT2D eigenvalue weighted by Gasteiger charge is 2.26. The number of thioether (sulfide) groups is 1. The Hall–Kier alpha value is -2.41. The van der Waals surface area contributed by atoms with Crippen LogP contribution in [0.4, 0.5) is 5.69 Å². The molecule has 7 heteroatoms. The molecule has 0 bridgehead atoms. The predicted octanol–water partition coefficient (Wildman–Crippen LogP) is 1.77. The fraction of sp³-hybridized carbons (Fsp3) is 0.200. The number of para-hydroxylation sites is 1. The van der Waals surface area contributed by atoms with Gasteiger partial charge in [0, 0.05) is 17.4 Å². The van der Waals surface area contributed by atoms with Crippen molar-refractivity contribution < 1.29 is 9.59 Å². The molecule has 0 aliphatic heterocycles. The van der Waals surface area contributed by atoms with Crippen LogP contribution < -0.4 is 10.9 Å². The Kier molecular flexibility index (Phi) is 5.11. The number of benzene rings is 1. The number of hydrogen-bond acceptors (Lipinski definition) is 5. The Morgan fingerprint density at radius 2 is 1.95 bits per heavy atom. The SMILES string of the molecule is CC(=O)[C@@H](Sc1nc(C)cc(=O)[nH]1)C(=O)Nc1ccccc1. The number of anilines is 1. The molecule has 0 fully saturated rings. The molecule has 0 spiro atoms. The first kappa shape index (κ1) is 16.0. The monoisotopic (exact) mass is 317 g/mol. The third-order valence-corrected chi connectivity index (χ3v) is 3.92. The van der Waals surface area contributed by atoms with Crippen molar-refractivity contribution >= 4 is 29.1 Å².